The highest BCUT2D eigenvalue weighted by atomic mass is 16.2. The SMILES string of the molecule is C/C=C(\CC)CC[C@@H](CCNCCC)NC(=O)c1cccc(C(=O)NC(C)c2ccc(C)cc2)c1. The first-order valence-electron chi connectivity index (χ1n) is 13.0. The third kappa shape index (κ3) is 9.69. The Balaban J connectivity index is 2.04. The lowest BCUT2D eigenvalue weighted by atomic mass is 10.0. The van der Waals surface area contributed by atoms with Crippen molar-refractivity contribution in [1.82, 2.24) is 16.0 Å². The van der Waals surface area contributed by atoms with Crippen LogP contribution in [0.25, 0.3) is 0 Å². The first-order chi connectivity index (χ1) is 16.9. The molecule has 190 valence electrons. The number of amides is 2. The summed E-state index contributed by atoms with van der Waals surface area (Å²) in [4.78, 5) is 26.0. The molecule has 3 N–H and O–H groups in total. The van der Waals surface area contributed by atoms with Crippen LogP contribution in [0.3, 0.4) is 0 Å². The van der Waals surface area contributed by atoms with E-state index in [2.05, 4.69) is 42.8 Å². The van der Waals surface area contributed by atoms with Gasteiger partial charge in [0.1, 0.15) is 0 Å². The highest BCUT2D eigenvalue weighted by Crippen LogP contribution is 2.16. The average Bonchev–Trinajstić information content (AvgIpc) is 2.87. The summed E-state index contributed by atoms with van der Waals surface area (Å²) >= 11 is 0. The van der Waals surface area contributed by atoms with Gasteiger partial charge < -0.3 is 16.0 Å². The van der Waals surface area contributed by atoms with E-state index in [1.54, 1.807) is 24.3 Å². The molecule has 1 unspecified atom stereocenters. The van der Waals surface area contributed by atoms with Crippen LogP contribution in [0.4, 0.5) is 0 Å². The fourth-order valence-corrected chi connectivity index (χ4v) is 4.04. The van der Waals surface area contributed by atoms with E-state index in [-0.39, 0.29) is 23.9 Å². The molecule has 0 spiro atoms. The molecule has 35 heavy (non-hydrogen) atoms. The van der Waals surface area contributed by atoms with Crippen LogP contribution < -0.4 is 16.0 Å². The van der Waals surface area contributed by atoms with Gasteiger partial charge >= 0.3 is 0 Å². The second-order valence-corrected chi connectivity index (χ2v) is 9.23. The number of hydrogen-bond donors (Lipinski definition) is 3. The predicted octanol–water partition coefficient (Wildman–Crippen LogP) is 6.11. The van der Waals surface area contributed by atoms with Crippen molar-refractivity contribution in [3.63, 3.8) is 0 Å². The molecule has 2 atom stereocenters. The topological polar surface area (TPSA) is 70.2 Å². The first-order valence-corrected chi connectivity index (χ1v) is 13.0. The third-order valence-electron chi connectivity index (χ3n) is 6.42. The summed E-state index contributed by atoms with van der Waals surface area (Å²) in [5.74, 6) is -0.320. The van der Waals surface area contributed by atoms with Gasteiger partial charge in [0.15, 0.2) is 0 Å². The van der Waals surface area contributed by atoms with Crippen molar-refractivity contribution in [2.45, 2.75) is 78.8 Å². The Morgan fingerprint density at radius 2 is 1.57 bits per heavy atom. The van der Waals surface area contributed by atoms with Crippen molar-refractivity contribution in [1.29, 1.82) is 0 Å². The molecule has 0 aliphatic rings. The van der Waals surface area contributed by atoms with E-state index in [1.165, 1.54) is 11.1 Å². The maximum absolute atomic E-state index is 13.1. The van der Waals surface area contributed by atoms with E-state index in [0.29, 0.717) is 11.1 Å². The molecule has 0 aliphatic heterocycles. The first kappa shape index (κ1) is 28.3. The Bertz CT molecular complexity index is 966. The Kier molecular flexibility index (Phi) is 12.3. The number of aryl methyl sites for hydroxylation is 1. The number of allylic oxidation sites excluding steroid dienone is 2. The van der Waals surface area contributed by atoms with E-state index in [1.807, 2.05) is 38.1 Å². The number of benzene rings is 2. The molecule has 5 heteroatoms. The second kappa shape index (κ2) is 15.2. The van der Waals surface area contributed by atoms with Crippen molar-refractivity contribution in [2.24, 2.45) is 0 Å². The molecular formula is C30H43N3O2. The van der Waals surface area contributed by atoms with E-state index in [0.717, 1.165) is 50.8 Å². The fraction of sp³-hybridized carbons (Fsp3) is 0.467. The Hall–Kier alpha value is -2.92. The molecule has 0 radical (unpaired) electrons. The molecule has 2 aromatic carbocycles. The van der Waals surface area contributed by atoms with Crippen LogP contribution in [0.1, 0.15) is 97.7 Å². The van der Waals surface area contributed by atoms with E-state index < -0.39 is 0 Å². The minimum Gasteiger partial charge on any atom is -0.349 e. The second-order valence-electron chi connectivity index (χ2n) is 9.23. The summed E-state index contributed by atoms with van der Waals surface area (Å²) in [6.07, 6.45) is 7.05. The summed E-state index contributed by atoms with van der Waals surface area (Å²) < 4.78 is 0. The number of carbonyl (C=O) groups is 2. The summed E-state index contributed by atoms with van der Waals surface area (Å²) in [7, 11) is 0. The molecule has 0 fully saturated rings. The zero-order valence-electron chi connectivity index (χ0n) is 22.1. The molecule has 0 aromatic heterocycles. The molecule has 0 bridgehead atoms. The van der Waals surface area contributed by atoms with Crippen molar-refractivity contribution in [3.8, 4) is 0 Å². The molecule has 5 nitrogen and oxygen atoms in total. The van der Waals surface area contributed by atoms with Crippen molar-refractivity contribution in [3.05, 3.63) is 82.4 Å². The highest BCUT2D eigenvalue weighted by molar-refractivity contribution is 5.99. The summed E-state index contributed by atoms with van der Waals surface area (Å²) in [5, 5.41) is 9.69. The zero-order valence-corrected chi connectivity index (χ0v) is 22.1. The van der Waals surface area contributed by atoms with Crippen LogP contribution >= 0.6 is 0 Å². The monoisotopic (exact) mass is 477 g/mol. The maximum atomic E-state index is 13.1. The van der Waals surface area contributed by atoms with Crippen LogP contribution in [-0.4, -0.2) is 30.9 Å². The molecule has 0 saturated heterocycles. The quantitative estimate of drug-likeness (QED) is 0.227. The lowest BCUT2D eigenvalue weighted by Crippen LogP contribution is -2.37. The van der Waals surface area contributed by atoms with Crippen LogP contribution in [0.5, 0.6) is 0 Å². The predicted molar refractivity (Wildman–Crippen MR) is 146 cm³/mol. The van der Waals surface area contributed by atoms with Crippen molar-refractivity contribution >= 4 is 11.8 Å². The largest absolute Gasteiger partial charge is 0.349 e. The molecular weight excluding hydrogens is 434 g/mol. The Labute approximate surface area is 211 Å². The van der Waals surface area contributed by atoms with Gasteiger partial charge in [0, 0.05) is 17.2 Å². The van der Waals surface area contributed by atoms with Gasteiger partial charge in [-0.15, -0.1) is 0 Å². The zero-order chi connectivity index (χ0) is 25.6. The molecule has 2 amide bonds. The standard InChI is InChI=1S/C30H43N3O2/c1-6-19-31-20-18-28(17-14-24(7-2)8-3)33-30(35)27-11-9-10-26(21-27)29(34)32-23(5)25-15-12-22(4)13-16-25/h7,9-13,15-16,21,23,28,31H,6,8,14,17-20H2,1-5H3,(H,32,34)(H,33,35)/b24-7+/t23?,28-/m0/s1. The van der Waals surface area contributed by atoms with Crippen LogP contribution in [0, 0.1) is 6.92 Å². The Morgan fingerprint density at radius 3 is 2.17 bits per heavy atom. The molecule has 2 rings (SSSR count). The van der Waals surface area contributed by atoms with E-state index >= 15 is 0 Å². The van der Waals surface area contributed by atoms with Crippen molar-refractivity contribution < 1.29 is 9.59 Å². The van der Waals surface area contributed by atoms with Gasteiger partial charge in [-0.2, -0.15) is 0 Å². The van der Waals surface area contributed by atoms with E-state index in [4.69, 9.17) is 0 Å². The van der Waals surface area contributed by atoms with Gasteiger partial charge in [-0.1, -0.05) is 61.4 Å². The lowest BCUT2D eigenvalue weighted by Gasteiger charge is -2.20. The number of hydrogen-bond acceptors (Lipinski definition) is 3. The van der Waals surface area contributed by atoms with Gasteiger partial charge in [-0.3, -0.25) is 9.59 Å². The molecule has 0 saturated carbocycles. The van der Waals surface area contributed by atoms with Gasteiger partial charge in [-0.05, 0) is 89.7 Å². The molecule has 0 aliphatic carbocycles. The summed E-state index contributed by atoms with van der Waals surface area (Å²) in [6, 6.07) is 15.1. The Morgan fingerprint density at radius 1 is 0.914 bits per heavy atom. The van der Waals surface area contributed by atoms with Gasteiger partial charge in [0.25, 0.3) is 11.8 Å². The van der Waals surface area contributed by atoms with Crippen LogP contribution in [-0.2, 0) is 0 Å². The summed E-state index contributed by atoms with van der Waals surface area (Å²) in [5.41, 5.74) is 4.63. The molecule has 2 aromatic rings. The van der Waals surface area contributed by atoms with Crippen LogP contribution in [0.2, 0.25) is 0 Å². The number of rotatable bonds is 14. The van der Waals surface area contributed by atoms with Gasteiger partial charge in [-0.25, -0.2) is 0 Å². The summed E-state index contributed by atoms with van der Waals surface area (Å²) in [6.45, 7) is 12.2. The fourth-order valence-electron chi connectivity index (χ4n) is 4.04. The lowest BCUT2D eigenvalue weighted by molar-refractivity contribution is 0.0932. The number of carbonyl (C=O) groups excluding carboxylic acids is 2. The average molecular weight is 478 g/mol. The van der Waals surface area contributed by atoms with Gasteiger partial charge in [0.05, 0.1) is 6.04 Å². The normalized spacial score (nSPS) is 13.2. The molecule has 0 heterocycles. The highest BCUT2D eigenvalue weighted by Gasteiger charge is 2.17. The minimum atomic E-state index is -0.186. The van der Waals surface area contributed by atoms with Gasteiger partial charge in [0.2, 0.25) is 0 Å². The maximum Gasteiger partial charge on any atom is 0.251 e. The van der Waals surface area contributed by atoms with E-state index in [9.17, 15) is 9.59 Å². The minimum absolute atomic E-state index is 0.0763. The number of nitrogens with one attached hydrogen (secondary N) is 3. The third-order valence-corrected chi connectivity index (χ3v) is 6.42. The van der Waals surface area contributed by atoms with Crippen LogP contribution in [0.15, 0.2) is 60.2 Å². The van der Waals surface area contributed by atoms with Crippen molar-refractivity contribution in [2.75, 3.05) is 13.1 Å². The smallest absolute Gasteiger partial charge is 0.251 e.